The first-order valence-electron chi connectivity index (χ1n) is 39.1. The van der Waals surface area contributed by atoms with E-state index in [0.717, 1.165) is 47.9 Å². The molecule has 8 aromatic rings. The number of nitrogens with one attached hydrogen (secondary N) is 6. The minimum absolute atomic E-state index is 0.0652. The number of benzene rings is 6. The van der Waals surface area contributed by atoms with Gasteiger partial charge in [0.2, 0.25) is 0 Å². The van der Waals surface area contributed by atoms with E-state index in [1.165, 1.54) is 176 Å². The molecule has 0 saturated heterocycles. The van der Waals surface area contributed by atoms with Crippen molar-refractivity contribution in [2.45, 2.75) is 267 Å². The molecule has 2 atom stereocenters. The number of nitrogens with zero attached hydrogens (tertiary/aromatic N) is 2. The van der Waals surface area contributed by atoms with Crippen LogP contribution in [0.3, 0.4) is 0 Å². The van der Waals surface area contributed by atoms with E-state index in [1.807, 2.05) is 76.2 Å². The number of amides is 4. The van der Waals surface area contributed by atoms with Crippen LogP contribution in [0.15, 0.2) is 131 Å². The van der Waals surface area contributed by atoms with Gasteiger partial charge in [-0.05, 0) is 172 Å². The summed E-state index contributed by atoms with van der Waals surface area (Å²) in [5.41, 5.74) is 5.38. The molecule has 4 amide bonds. The minimum atomic E-state index is -0.841. The highest BCUT2D eigenvalue weighted by Gasteiger charge is 2.28. The van der Waals surface area contributed by atoms with E-state index < -0.39 is 53.4 Å². The second-order valence-corrected chi connectivity index (χ2v) is 29.4. The van der Waals surface area contributed by atoms with E-state index in [4.69, 9.17) is 32.7 Å². The fourth-order valence-corrected chi connectivity index (χ4v) is 14.7. The van der Waals surface area contributed by atoms with Crippen molar-refractivity contribution in [2.24, 2.45) is 0 Å². The number of H-pyrrole nitrogens is 2. The number of ether oxygens (including phenoxy) is 2. The smallest absolute Gasteiger partial charge is 0.277 e. The van der Waals surface area contributed by atoms with Crippen molar-refractivity contribution in [3.63, 3.8) is 0 Å². The van der Waals surface area contributed by atoms with Crippen LogP contribution in [0.5, 0.6) is 11.5 Å². The molecule has 18 heteroatoms. The predicted octanol–water partition coefficient (Wildman–Crippen LogP) is 22.1. The van der Waals surface area contributed by atoms with Crippen molar-refractivity contribution in [3.05, 3.63) is 208 Å². The summed E-state index contributed by atoms with van der Waals surface area (Å²) < 4.78 is 15.1. The number of unbranched alkanes of at least 4 members (excludes halogenated alkanes) is 24. The van der Waals surface area contributed by atoms with Crippen LogP contribution in [-0.4, -0.2) is 55.4 Å². The number of aromatic amines is 2. The van der Waals surface area contributed by atoms with Crippen LogP contribution in [0.1, 0.15) is 273 Å². The second kappa shape index (κ2) is 43.1. The normalized spacial score (nSPS) is 11.9. The fraction of sp³-hybridized carbons (Fsp3) is 0.471. The van der Waals surface area contributed by atoms with Crippen LogP contribution in [0.25, 0.3) is 11.4 Å². The zero-order chi connectivity index (χ0) is 75.0. The van der Waals surface area contributed by atoms with E-state index >= 15 is 9.59 Å². The van der Waals surface area contributed by atoms with Gasteiger partial charge in [0, 0.05) is 28.9 Å². The van der Waals surface area contributed by atoms with Gasteiger partial charge in [0.15, 0.2) is 12.2 Å². The molecule has 0 spiro atoms. The Kier molecular flexibility index (Phi) is 33.7. The maximum atomic E-state index is 15.2. The van der Waals surface area contributed by atoms with Gasteiger partial charge in [0.1, 0.15) is 23.1 Å². The van der Waals surface area contributed by atoms with Crippen LogP contribution in [0.4, 0.5) is 23.0 Å². The van der Waals surface area contributed by atoms with Gasteiger partial charge < -0.3 is 30.7 Å². The number of aryl methyl sites for hydroxylation is 6. The Balaban J connectivity index is 0.953. The SMILES string of the molecule is CCCCCCCCCCCCCCCc1cccc(OC(CC)C(=O)Nc2cccc(C(=O)Nc3[nH]n(-c4c(C)cc(C)cc4Cl)c(=O)c3Cc3c(NC(=O)c4cccc(NC(=O)C(CC)Oc5cccc(CCCCCCCCCCCCCCC)c5)c4)[nH]n(-c4c(C)cc(C)cc4Cl)c3=O)c2)c1. The maximum Gasteiger partial charge on any atom is 0.277 e. The predicted molar refractivity (Wildman–Crippen MR) is 432 cm³/mol. The number of hydrogen-bond acceptors (Lipinski definition) is 8. The van der Waals surface area contributed by atoms with Gasteiger partial charge in [-0.1, -0.05) is 254 Å². The fourth-order valence-electron chi connectivity index (χ4n) is 13.9. The summed E-state index contributed by atoms with van der Waals surface area (Å²) in [5, 5.41) is 18.3. The van der Waals surface area contributed by atoms with Gasteiger partial charge >= 0.3 is 0 Å². The van der Waals surface area contributed by atoms with Crippen molar-refractivity contribution in [1.29, 1.82) is 0 Å². The Morgan fingerprint density at radius 2 is 0.743 bits per heavy atom. The highest BCUT2D eigenvalue weighted by atomic mass is 35.5. The number of carbonyl (C=O) groups excluding carboxylic acids is 4. The molecule has 0 aliphatic rings. The molecule has 0 fully saturated rings. The highest BCUT2D eigenvalue weighted by Crippen LogP contribution is 2.31. The largest absolute Gasteiger partial charge is 0.481 e. The van der Waals surface area contributed by atoms with Crippen LogP contribution in [0.2, 0.25) is 10.0 Å². The third-order valence-electron chi connectivity index (χ3n) is 19.7. The molecular formula is C87H114Cl2N8O8. The highest BCUT2D eigenvalue weighted by molar-refractivity contribution is 6.33. The summed E-state index contributed by atoms with van der Waals surface area (Å²) >= 11 is 13.9. The zero-order valence-electron chi connectivity index (χ0n) is 63.5. The van der Waals surface area contributed by atoms with Crippen LogP contribution in [0, 0.1) is 27.7 Å². The first-order valence-corrected chi connectivity index (χ1v) is 39.8. The number of aromatic nitrogens is 4. The lowest BCUT2D eigenvalue weighted by atomic mass is 10.0. The lowest BCUT2D eigenvalue weighted by molar-refractivity contribution is -0.123. The summed E-state index contributed by atoms with van der Waals surface area (Å²) in [6.45, 7) is 15.6. The molecular weight excluding hydrogens is 1360 g/mol. The van der Waals surface area contributed by atoms with Gasteiger partial charge in [-0.3, -0.25) is 39.0 Å². The monoisotopic (exact) mass is 1470 g/mol. The molecule has 2 heterocycles. The third kappa shape index (κ3) is 25.3. The number of hydrogen-bond donors (Lipinski definition) is 6. The van der Waals surface area contributed by atoms with Crippen LogP contribution >= 0.6 is 23.2 Å². The second-order valence-electron chi connectivity index (χ2n) is 28.6. The van der Waals surface area contributed by atoms with Crippen LogP contribution in [-0.2, 0) is 28.9 Å². The van der Waals surface area contributed by atoms with E-state index in [0.29, 0.717) is 58.2 Å². The van der Waals surface area contributed by atoms with Gasteiger partial charge in [0.25, 0.3) is 34.7 Å². The molecule has 16 nitrogen and oxygen atoms in total. The standard InChI is InChI=1S/C87H114Cl2N8O8/c1-9-13-15-17-19-21-23-25-27-29-31-33-35-41-64-43-37-49-70(55-64)104-76(11-3)84(100)90-68-47-39-45-66(57-68)82(98)92-80-72(86(102)96(94-80)78-62(7)51-60(5)53-74(78)88)59-73-81(95-97(87(73)103)79-63(8)52-61(6)54-75(79)89)93-83(99)67-46-40-48-69(58-67)91-85(101)77(12-4)105-71-50-38-44-65(56-71)42-36-34-32-30-28-26-24-22-20-18-16-14-10-2/h37-40,43-58,76-77,94-95H,9-36,41-42,59H2,1-8H3,(H,90,100)(H,91,101)(H,92,98)(H,93,99). The molecule has 0 aliphatic carbocycles. The first kappa shape index (κ1) is 82.1. The molecule has 0 saturated carbocycles. The Hall–Kier alpha value is -8.60. The number of anilines is 4. The third-order valence-corrected chi connectivity index (χ3v) is 20.2. The lowest BCUT2D eigenvalue weighted by Gasteiger charge is -2.18. The molecule has 2 unspecified atom stereocenters. The Morgan fingerprint density at radius 3 is 1.08 bits per heavy atom. The first-order chi connectivity index (χ1) is 50.9. The van der Waals surface area contributed by atoms with Crippen molar-refractivity contribution in [2.75, 3.05) is 21.3 Å². The van der Waals surface area contributed by atoms with Crippen molar-refractivity contribution < 1.29 is 28.7 Å². The molecule has 0 bridgehead atoms. The molecule has 8 rings (SSSR count). The summed E-state index contributed by atoms with van der Waals surface area (Å²) in [5.74, 6) is -1.06. The minimum Gasteiger partial charge on any atom is -0.481 e. The molecule has 564 valence electrons. The number of rotatable bonds is 46. The van der Waals surface area contributed by atoms with E-state index in [1.54, 1.807) is 62.4 Å². The summed E-state index contributed by atoms with van der Waals surface area (Å²) in [4.78, 5) is 87.6. The van der Waals surface area contributed by atoms with E-state index in [2.05, 4.69) is 57.4 Å². The van der Waals surface area contributed by atoms with Gasteiger partial charge in [-0.15, -0.1) is 0 Å². The van der Waals surface area contributed by atoms with Crippen molar-refractivity contribution >= 4 is 69.8 Å². The topological polar surface area (TPSA) is 210 Å². The average molecular weight is 1470 g/mol. The molecule has 0 aliphatic heterocycles. The Bertz CT molecular complexity index is 3930. The average Bonchev–Trinajstić information content (AvgIpc) is 1.63. The number of carbonyl (C=O) groups is 4. The van der Waals surface area contributed by atoms with Gasteiger partial charge in [-0.2, -0.15) is 0 Å². The maximum absolute atomic E-state index is 15.2. The Morgan fingerprint density at radius 1 is 0.410 bits per heavy atom. The van der Waals surface area contributed by atoms with E-state index in [9.17, 15) is 19.2 Å². The summed E-state index contributed by atoms with van der Waals surface area (Å²) in [6, 6.07) is 35.8. The molecule has 6 N–H and O–H groups in total. The van der Waals surface area contributed by atoms with Crippen molar-refractivity contribution in [1.82, 2.24) is 19.6 Å². The van der Waals surface area contributed by atoms with E-state index in [-0.39, 0.29) is 43.9 Å². The van der Waals surface area contributed by atoms with Crippen molar-refractivity contribution in [3.8, 4) is 22.9 Å². The molecule has 2 aromatic heterocycles. The quantitative estimate of drug-likeness (QED) is 0.0202. The molecule has 0 radical (unpaired) electrons. The molecule has 105 heavy (non-hydrogen) atoms. The lowest BCUT2D eigenvalue weighted by Crippen LogP contribution is -2.32. The zero-order valence-corrected chi connectivity index (χ0v) is 65.1. The summed E-state index contributed by atoms with van der Waals surface area (Å²) in [7, 11) is 0. The Labute approximate surface area is 632 Å². The number of halogens is 2. The molecule has 6 aromatic carbocycles. The summed E-state index contributed by atoms with van der Waals surface area (Å²) in [6.07, 6.45) is 34.1. The van der Waals surface area contributed by atoms with Gasteiger partial charge in [0.05, 0.1) is 32.5 Å². The van der Waals surface area contributed by atoms with Crippen LogP contribution < -0.4 is 41.9 Å². The van der Waals surface area contributed by atoms with Gasteiger partial charge in [-0.25, -0.2) is 9.36 Å².